The van der Waals surface area contributed by atoms with E-state index >= 15 is 0 Å². The number of nitrogens with one attached hydrogen (secondary N) is 2. The number of rotatable bonds is 2. The quantitative estimate of drug-likeness (QED) is 0.876. The van der Waals surface area contributed by atoms with Crippen LogP contribution in [0.25, 0.3) is 11.3 Å². The fourth-order valence-electron chi connectivity index (χ4n) is 3.03. The van der Waals surface area contributed by atoms with Gasteiger partial charge in [0.25, 0.3) is 0 Å². The smallest absolute Gasteiger partial charge is 0.0926 e. The molecule has 3 rings (SSSR count). The number of nitrogens with zero attached hydrogens (tertiary/aromatic N) is 1. The average Bonchev–Trinajstić information content (AvgIpc) is 2.95. The van der Waals surface area contributed by atoms with Crippen molar-refractivity contribution in [1.82, 2.24) is 15.5 Å². The molecule has 1 saturated heterocycles. The summed E-state index contributed by atoms with van der Waals surface area (Å²) in [5.74, 6) is 0.580. The number of benzene rings is 1. The molecule has 2 N–H and O–H groups in total. The molecule has 3 heteroatoms. The van der Waals surface area contributed by atoms with Crippen LogP contribution >= 0.6 is 0 Å². The zero-order chi connectivity index (χ0) is 14.1. The lowest BCUT2D eigenvalue weighted by Gasteiger charge is -2.21. The number of aromatic nitrogens is 2. The summed E-state index contributed by atoms with van der Waals surface area (Å²) in [5.41, 5.74) is 7.64. The molecule has 1 aromatic heterocycles. The van der Waals surface area contributed by atoms with Crippen molar-refractivity contribution in [2.45, 2.75) is 39.5 Å². The summed E-state index contributed by atoms with van der Waals surface area (Å²) < 4.78 is 0. The second kappa shape index (κ2) is 5.41. The molecule has 1 aromatic carbocycles. The summed E-state index contributed by atoms with van der Waals surface area (Å²) in [4.78, 5) is 0. The third-order valence-electron chi connectivity index (χ3n) is 4.67. The van der Waals surface area contributed by atoms with E-state index in [0.29, 0.717) is 5.92 Å². The number of hydrogen-bond acceptors (Lipinski definition) is 2. The second-order valence-electron chi connectivity index (χ2n) is 5.93. The van der Waals surface area contributed by atoms with Gasteiger partial charge in [0.15, 0.2) is 0 Å². The lowest BCUT2D eigenvalue weighted by Crippen LogP contribution is -2.28. The van der Waals surface area contributed by atoms with Gasteiger partial charge in [0.2, 0.25) is 0 Å². The van der Waals surface area contributed by atoms with Crippen molar-refractivity contribution in [2.24, 2.45) is 0 Å². The van der Waals surface area contributed by atoms with Crippen LogP contribution in [0.5, 0.6) is 0 Å². The lowest BCUT2D eigenvalue weighted by molar-refractivity contribution is 0.454. The minimum atomic E-state index is 0.580. The number of H-pyrrole nitrogens is 1. The van der Waals surface area contributed by atoms with Gasteiger partial charge >= 0.3 is 0 Å². The first-order chi connectivity index (χ1) is 9.66. The standard InChI is InChI=1S/C17H23N3/c1-11-6-7-15(13(3)12(11)2)17-9-16(19-20-17)14-5-4-8-18-10-14/h6-7,9,14,18H,4-5,8,10H2,1-3H3,(H,19,20). The van der Waals surface area contributed by atoms with Gasteiger partial charge in [-0.2, -0.15) is 5.10 Å². The van der Waals surface area contributed by atoms with Crippen LogP contribution in [0.3, 0.4) is 0 Å². The maximum Gasteiger partial charge on any atom is 0.0926 e. The zero-order valence-corrected chi connectivity index (χ0v) is 12.6. The van der Waals surface area contributed by atoms with Crippen molar-refractivity contribution in [3.63, 3.8) is 0 Å². The van der Waals surface area contributed by atoms with Gasteiger partial charge in [0, 0.05) is 23.7 Å². The fraction of sp³-hybridized carbons (Fsp3) is 0.471. The van der Waals surface area contributed by atoms with Gasteiger partial charge in [0.1, 0.15) is 0 Å². The highest BCUT2D eigenvalue weighted by atomic mass is 15.1. The van der Waals surface area contributed by atoms with E-state index in [1.165, 1.54) is 40.8 Å². The van der Waals surface area contributed by atoms with Gasteiger partial charge in [-0.1, -0.05) is 12.1 Å². The van der Waals surface area contributed by atoms with Gasteiger partial charge in [0.05, 0.1) is 5.69 Å². The maximum absolute atomic E-state index is 4.54. The number of hydrogen-bond donors (Lipinski definition) is 2. The van der Waals surface area contributed by atoms with Gasteiger partial charge in [-0.05, 0) is 62.9 Å². The maximum atomic E-state index is 4.54. The fourth-order valence-corrected chi connectivity index (χ4v) is 3.03. The molecule has 1 fully saturated rings. The molecule has 1 aliphatic rings. The summed E-state index contributed by atoms with van der Waals surface area (Å²) in [5, 5.41) is 11.2. The Morgan fingerprint density at radius 1 is 1.15 bits per heavy atom. The molecular formula is C17H23N3. The Kier molecular flexibility index (Phi) is 3.62. The summed E-state index contributed by atoms with van der Waals surface area (Å²) >= 11 is 0. The lowest BCUT2D eigenvalue weighted by atomic mass is 9.94. The van der Waals surface area contributed by atoms with E-state index in [9.17, 15) is 0 Å². The average molecular weight is 269 g/mol. The van der Waals surface area contributed by atoms with Crippen LogP contribution < -0.4 is 5.32 Å². The van der Waals surface area contributed by atoms with Gasteiger partial charge in [-0.25, -0.2) is 0 Å². The van der Waals surface area contributed by atoms with Crippen molar-refractivity contribution in [2.75, 3.05) is 13.1 Å². The third-order valence-corrected chi connectivity index (χ3v) is 4.67. The molecule has 0 bridgehead atoms. The molecule has 0 radical (unpaired) electrons. The highest BCUT2D eigenvalue weighted by Crippen LogP contribution is 2.29. The zero-order valence-electron chi connectivity index (χ0n) is 12.6. The predicted octanol–water partition coefficient (Wildman–Crippen LogP) is 3.47. The molecule has 2 heterocycles. The van der Waals surface area contributed by atoms with Crippen molar-refractivity contribution >= 4 is 0 Å². The molecule has 1 aliphatic heterocycles. The first kappa shape index (κ1) is 13.4. The Labute approximate surface area is 120 Å². The SMILES string of the molecule is Cc1ccc(-c2cc(C3CCCNC3)[nH]n2)c(C)c1C. The number of aromatic amines is 1. The Bertz CT molecular complexity index is 607. The van der Waals surface area contributed by atoms with Crippen molar-refractivity contribution in [3.05, 3.63) is 40.6 Å². The normalized spacial score (nSPS) is 19.2. The molecule has 0 amide bonds. The van der Waals surface area contributed by atoms with Crippen molar-refractivity contribution < 1.29 is 0 Å². The van der Waals surface area contributed by atoms with Crippen LogP contribution in [0.2, 0.25) is 0 Å². The Morgan fingerprint density at radius 3 is 2.75 bits per heavy atom. The van der Waals surface area contributed by atoms with Crippen LogP contribution in [0, 0.1) is 20.8 Å². The molecule has 2 aromatic rings. The van der Waals surface area contributed by atoms with Crippen LogP contribution in [0.4, 0.5) is 0 Å². The molecule has 106 valence electrons. The van der Waals surface area contributed by atoms with E-state index in [1.54, 1.807) is 0 Å². The summed E-state index contributed by atoms with van der Waals surface area (Å²) in [6.45, 7) is 8.75. The summed E-state index contributed by atoms with van der Waals surface area (Å²) in [6, 6.07) is 6.61. The van der Waals surface area contributed by atoms with Gasteiger partial charge in [-0.15, -0.1) is 0 Å². The molecule has 0 saturated carbocycles. The monoisotopic (exact) mass is 269 g/mol. The molecule has 1 atom stereocenters. The topological polar surface area (TPSA) is 40.7 Å². The molecule has 1 unspecified atom stereocenters. The molecule has 20 heavy (non-hydrogen) atoms. The van der Waals surface area contributed by atoms with Crippen LogP contribution in [0.15, 0.2) is 18.2 Å². The van der Waals surface area contributed by atoms with Gasteiger partial charge < -0.3 is 5.32 Å². The van der Waals surface area contributed by atoms with E-state index in [2.05, 4.69) is 54.5 Å². The first-order valence-electron chi connectivity index (χ1n) is 7.50. The van der Waals surface area contributed by atoms with E-state index in [0.717, 1.165) is 18.8 Å². The largest absolute Gasteiger partial charge is 0.316 e. The minimum Gasteiger partial charge on any atom is -0.316 e. The van der Waals surface area contributed by atoms with Crippen molar-refractivity contribution in [1.29, 1.82) is 0 Å². The Hall–Kier alpha value is -1.61. The third kappa shape index (κ3) is 2.38. The van der Waals surface area contributed by atoms with Crippen LogP contribution in [-0.2, 0) is 0 Å². The van der Waals surface area contributed by atoms with E-state index in [4.69, 9.17) is 0 Å². The van der Waals surface area contributed by atoms with Crippen LogP contribution in [-0.4, -0.2) is 23.3 Å². The molecule has 3 nitrogen and oxygen atoms in total. The van der Waals surface area contributed by atoms with Crippen molar-refractivity contribution in [3.8, 4) is 11.3 Å². The highest BCUT2D eigenvalue weighted by Gasteiger charge is 2.18. The molecule has 0 aliphatic carbocycles. The first-order valence-corrected chi connectivity index (χ1v) is 7.50. The summed E-state index contributed by atoms with van der Waals surface area (Å²) in [6.07, 6.45) is 2.50. The Balaban J connectivity index is 1.92. The Morgan fingerprint density at radius 2 is 2.00 bits per heavy atom. The van der Waals surface area contributed by atoms with E-state index in [-0.39, 0.29) is 0 Å². The second-order valence-corrected chi connectivity index (χ2v) is 5.93. The number of aryl methyl sites for hydroxylation is 1. The molecular weight excluding hydrogens is 246 g/mol. The van der Waals surface area contributed by atoms with E-state index < -0.39 is 0 Å². The minimum absolute atomic E-state index is 0.580. The van der Waals surface area contributed by atoms with Gasteiger partial charge in [-0.3, -0.25) is 5.10 Å². The van der Waals surface area contributed by atoms with E-state index in [1.807, 2.05) is 0 Å². The molecule has 0 spiro atoms. The summed E-state index contributed by atoms with van der Waals surface area (Å²) in [7, 11) is 0. The number of piperidine rings is 1. The predicted molar refractivity (Wildman–Crippen MR) is 83.1 cm³/mol. The highest BCUT2D eigenvalue weighted by molar-refractivity contribution is 5.66. The van der Waals surface area contributed by atoms with Crippen LogP contribution in [0.1, 0.15) is 41.1 Å².